The molecule has 0 N–H and O–H groups in total. The number of ether oxygens (including phenoxy) is 1. The second-order valence-electron chi connectivity index (χ2n) is 11.3. The molecular weight excluding hydrogens is 506 g/mol. The monoisotopic (exact) mass is 549 g/mol. The summed E-state index contributed by atoms with van der Waals surface area (Å²) in [6.07, 6.45) is 9.83. The van der Waals surface area contributed by atoms with Crippen molar-refractivity contribution in [1.82, 2.24) is 14.9 Å². The third kappa shape index (κ3) is 7.21. The maximum absolute atomic E-state index is 11.3. The Morgan fingerprint density at radius 1 is 0.976 bits per heavy atom. The molecule has 0 radical (unpaired) electrons. The largest absolute Gasteiger partial charge is 0.492 e. The molecule has 5 nitrogen and oxygen atoms in total. The number of carbonyl (C=O) groups excluding carboxylic acids is 1. The van der Waals surface area contributed by atoms with Gasteiger partial charge in [0.15, 0.2) is 0 Å². The van der Waals surface area contributed by atoms with E-state index in [1.165, 1.54) is 11.1 Å². The van der Waals surface area contributed by atoms with E-state index in [4.69, 9.17) is 14.7 Å². The molecule has 1 aromatic heterocycles. The van der Waals surface area contributed by atoms with E-state index in [0.29, 0.717) is 6.61 Å². The van der Waals surface area contributed by atoms with Gasteiger partial charge in [0.2, 0.25) is 5.91 Å². The second kappa shape index (κ2) is 13.6. The molecule has 1 saturated heterocycles. The lowest BCUT2D eigenvalue weighted by molar-refractivity contribution is -0.130. The first-order chi connectivity index (χ1) is 19.8. The zero-order valence-corrected chi connectivity index (χ0v) is 24.9. The third-order valence-electron chi connectivity index (χ3n) is 8.13. The number of nitrogens with zero attached hydrogens (tertiary/aromatic N) is 3. The summed E-state index contributed by atoms with van der Waals surface area (Å²) in [7, 11) is 0. The number of hydrogen-bond donors (Lipinski definition) is 0. The Hall–Kier alpha value is -3.99. The van der Waals surface area contributed by atoms with Gasteiger partial charge in [-0.3, -0.25) is 4.79 Å². The summed E-state index contributed by atoms with van der Waals surface area (Å²) in [5.41, 5.74) is 8.92. The number of hydrogen-bond acceptors (Lipinski definition) is 4. The molecule has 0 saturated carbocycles. The Kier molecular flexibility index (Phi) is 9.93. The molecule has 2 aromatic carbocycles. The van der Waals surface area contributed by atoms with Crippen molar-refractivity contribution in [1.29, 1.82) is 0 Å². The number of fused-ring (bicyclic) bond motifs is 1. The van der Waals surface area contributed by atoms with Crippen molar-refractivity contribution >= 4 is 16.9 Å². The highest BCUT2D eigenvalue weighted by atomic mass is 16.5. The smallest absolute Gasteiger partial charge is 0.219 e. The van der Waals surface area contributed by atoms with Gasteiger partial charge in [-0.1, -0.05) is 66.8 Å². The number of amides is 1. The highest BCUT2D eigenvalue weighted by Gasteiger charge is 2.43. The van der Waals surface area contributed by atoms with Crippen molar-refractivity contribution in [2.75, 3.05) is 19.7 Å². The van der Waals surface area contributed by atoms with Crippen LogP contribution in [0.3, 0.4) is 0 Å². The number of aryl methyl sites for hydroxylation is 2. The minimum atomic E-state index is 0.0528. The van der Waals surface area contributed by atoms with E-state index in [2.05, 4.69) is 57.8 Å². The van der Waals surface area contributed by atoms with E-state index < -0.39 is 0 Å². The maximum atomic E-state index is 11.3. The maximum Gasteiger partial charge on any atom is 0.219 e. The highest BCUT2D eigenvalue weighted by molar-refractivity contribution is 5.78. The molecule has 2 aliphatic heterocycles. The fourth-order valence-electron chi connectivity index (χ4n) is 5.65. The Morgan fingerprint density at radius 3 is 2.22 bits per heavy atom. The van der Waals surface area contributed by atoms with E-state index in [0.717, 1.165) is 90.9 Å². The van der Waals surface area contributed by atoms with Gasteiger partial charge in [0.25, 0.3) is 0 Å². The molecule has 3 heterocycles. The zero-order chi connectivity index (χ0) is 29.4. The molecule has 2 aliphatic rings. The SMILES string of the molecule is C=C(C)CCCCc1nc2ccccc2nc1-c1ccc(C)cc1.C=CC1=C(C=C)C2(CCN(C(C)=O)CC2)CO1. The standard InChI is InChI=1S/C22H24N2.C14H19NO2/c1-16(2)8-4-5-11-21-22(18-14-12-17(3)13-15-18)24-20-10-7-6-9-19(20)23-21;1-4-12-13(5-2)17-10-14(12)6-8-15(9-7-14)11(3)16/h6-7,9-10,12-15H,1,4-5,8,11H2,2-3H3;4-5H,1-2,6-10H2,3H3. The molecule has 0 bridgehead atoms. The van der Waals surface area contributed by atoms with Crippen molar-refractivity contribution in [2.45, 2.75) is 59.3 Å². The average Bonchev–Trinajstić information content (AvgIpc) is 3.32. The summed E-state index contributed by atoms with van der Waals surface area (Å²) >= 11 is 0. The van der Waals surface area contributed by atoms with E-state index in [-0.39, 0.29) is 11.3 Å². The van der Waals surface area contributed by atoms with Gasteiger partial charge >= 0.3 is 0 Å². The van der Waals surface area contributed by atoms with E-state index in [9.17, 15) is 4.79 Å². The number of likely N-dealkylation sites (tertiary alicyclic amines) is 1. The van der Waals surface area contributed by atoms with Gasteiger partial charge in [-0.05, 0) is 70.6 Å². The molecule has 0 atom stereocenters. The van der Waals surface area contributed by atoms with Crippen LogP contribution in [0.1, 0.15) is 57.2 Å². The summed E-state index contributed by atoms with van der Waals surface area (Å²) in [6.45, 7) is 19.8. The fraction of sp³-hybridized carbons (Fsp3) is 0.361. The van der Waals surface area contributed by atoms with Gasteiger partial charge in [0.05, 0.1) is 29.0 Å². The first-order valence-corrected chi connectivity index (χ1v) is 14.6. The molecule has 0 unspecified atom stereocenters. The molecule has 5 heteroatoms. The van der Waals surface area contributed by atoms with Gasteiger partial charge in [-0.15, -0.1) is 6.58 Å². The van der Waals surface area contributed by atoms with Crippen molar-refractivity contribution in [3.8, 4) is 11.3 Å². The molecule has 5 rings (SSSR count). The van der Waals surface area contributed by atoms with Crippen molar-refractivity contribution in [3.05, 3.63) is 109 Å². The Bertz CT molecular complexity index is 1440. The van der Waals surface area contributed by atoms with Crippen molar-refractivity contribution in [2.24, 2.45) is 5.41 Å². The highest BCUT2D eigenvalue weighted by Crippen LogP contribution is 2.46. The summed E-state index contributed by atoms with van der Waals surface area (Å²) in [5.74, 6) is 1.02. The quantitative estimate of drug-likeness (QED) is 0.210. The van der Waals surface area contributed by atoms with Gasteiger partial charge in [0, 0.05) is 36.6 Å². The molecule has 41 heavy (non-hydrogen) atoms. The lowest BCUT2D eigenvalue weighted by Crippen LogP contribution is -2.43. The number of benzene rings is 2. The van der Waals surface area contributed by atoms with E-state index in [1.54, 1.807) is 13.0 Å². The zero-order valence-electron chi connectivity index (χ0n) is 24.9. The van der Waals surface area contributed by atoms with Gasteiger partial charge in [0.1, 0.15) is 5.76 Å². The Labute approximate surface area is 245 Å². The molecule has 3 aromatic rings. The number of aromatic nitrogens is 2. The molecule has 1 spiro atoms. The summed E-state index contributed by atoms with van der Waals surface area (Å²) < 4.78 is 5.68. The Balaban J connectivity index is 0.000000201. The predicted octanol–water partition coefficient (Wildman–Crippen LogP) is 8.17. The van der Waals surface area contributed by atoms with Crippen LogP contribution in [0.4, 0.5) is 0 Å². The predicted molar refractivity (Wildman–Crippen MR) is 169 cm³/mol. The number of rotatable bonds is 8. The van der Waals surface area contributed by atoms with Crippen LogP contribution in [0, 0.1) is 12.3 Å². The lowest BCUT2D eigenvalue weighted by atomic mass is 9.73. The number of piperidine rings is 1. The number of para-hydroxylation sites is 2. The minimum absolute atomic E-state index is 0.0528. The number of allylic oxidation sites excluding steroid dienone is 3. The van der Waals surface area contributed by atoms with Crippen LogP contribution < -0.4 is 0 Å². The first kappa shape index (κ1) is 30.0. The lowest BCUT2D eigenvalue weighted by Gasteiger charge is -2.38. The minimum Gasteiger partial charge on any atom is -0.492 e. The molecule has 0 aliphatic carbocycles. The average molecular weight is 550 g/mol. The van der Waals surface area contributed by atoms with Gasteiger partial charge < -0.3 is 9.64 Å². The van der Waals surface area contributed by atoms with Crippen LogP contribution in [0.15, 0.2) is 97.3 Å². The number of unbranched alkanes of at least 4 members (excludes halogenated alkanes) is 1. The van der Waals surface area contributed by atoms with E-state index >= 15 is 0 Å². The molecule has 214 valence electrons. The van der Waals surface area contributed by atoms with Crippen molar-refractivity contribution < 1.29 is 9.53 Å². The second-order valence-corrected chi connectivity index (χ2v) is 11.3. The van der Waals surface area contributed by atoms with Crippen LogP contribution in [0.5, 0.6) is 0 Å². The summed E-state index contributed by atoms with van der Waals surface area (Å²) in [6, 6.07) is 16.7. The van der Waals surface area contributed by atoms with Crippen LogP contribution in [0.2, 0.25) is 0 Å². The normalized spacial score (nSPS) is 15.7. The number of carbonyl (C=O) groups is 1. The van der Waals surface area contributed by atoms with Crippen LogP contribution >= 0.6 is 0 Å². The van der Waals surface area contributed by atoms with Gasteiger partial charge in [-0.2, -0.15) is 0 Å². The van der Waals surface area contributed by atoms with Crippen LogP contribution in [-0.2, 0) is 16.0 Å². The van der Waals surface area contributed by atoms with Crippen LogP contribution in [0.25, 0.3) is 22.3 Å². The molecule has 1 amide bonds. The van der Waals surface area contributed by atoms with E-state index in [1.807, 2.05) is 35.2 Å². The molecular formula is C36H43N3O2. The van der Waals surface area contributed by atoms with Crippen molar-refractivity contribution in [3.63, 3.8) is 0 Å². The summed E-state index contributed by atoms with van der Waals surface area (Å²) in [5, 5.41) is 0. The third-order valence-corrected chi connectivity index (χ3v) is 8.13. The first-order valence-electron chi connectivity index (χ1n) is 14.6. The van der Waals surface area contributed by atoms with Gasteiger partial charge in [-0.25, -0.2) is 9.97 Å². The van der Waals surface area contributed by atoms with Crippen LogP contribution in [-0.4, -0.2) is 40.5 Å². The fourth-order valence-corrected chi connectivity index (χ4v) is 5.65. The topological polar surface area (TPSA) is 55.3 Å². The molecule has 1 fully saturated rings. The summed E-state index contributed by atoms with van der Waals surface area (Å²) in [4.78, 5) is 23.0. The Morgan fingerprint density at radius 2 is 1.63 bits per heavy atom.